The summed E-state index contributed by atoms with van der Waals surface area (Å²) in [6.07, 6.45) is 24.5. The van der Waals surface area contributed by atoms with E-state index in [-0.39, 0.29) is 28.7 Å². The van der Waals surface area contributed by atoms with Gasteiger partial charge in [0, 0.05) is 12.1 Å². The zero-order valence-corrected chi connectivity index (χ0v) is 31.8. The Morgan fingerprint density at radius 1 is 0.560 bits per heavy atom. The van der Waals surface area contributed by atoms with Gasteiger partial charge in [-0.15, -0.1) is 23.2 Å². The van der Waals surface area contributed by atoms with Crippen LogP contribution in [-0.2, 0) is 19.3 Å². The molecule has 0 saturated heterocycles. The van der Waals surface area contributed by atoms with Gasteiger partial charge in [0.15, 0.2) is 0 Å². The SMILES string of the molecule is O=C(O)C1CC(C2CCCCC2)CCC1C(=O)NC1CCC(C2CCC(NOCC3CCC(C4CCCCC4)CC3COO)C(Cl)C2)CC1Cl. The summed E-state index contributed by atoms with van der Waals surface area (Å²) in [4.78, 5) is 36.6. The van der Waals surface area contributed by atoms with Crippen LogP contribution in [0.3, 0.4) is 0 Å². The lowest BCUT2D eigenvalue weighted by Crippen LogP contribution is -2.51. The molecule has 1 amide bonds. The molecule has 10 heteroatoms. The number of nitrogens with one attached hydrogen (secondary N) is 2. The zero-order valence-electron chi connectivity index (χ0n) is 30.3. The molecule has 8 nitrogen and oxygen atoms in total. The number of carbonyl (C=O) groups excluding carboxylic acids is 1. The summed E-state index contributed by atoms with van der Waals surface area (Å²) in [6, 6.07) is -0.00114. The second-order valence-electron chi connectivity index (χ2n) is 17.6. The molecule has 50 heavy (non-hydrogen) atoms. The molecule has 6 fully saturated rings. The third-order valence-electron chi connectivity index (χ3n) is 14.8. The number of amides is 1. The van der Waals surface area contributed by atoms with E-state index in [4.69, 9.17) is 28.0 Å². The molecule has 0 aromatic heterocycles. The van der Waals surface area contributed by atoms with Gasteiger partial charge in [-0.2, -0.15) is 5.48 Å². The highest BCUT2D eigenvalue weighted by Gasteiger charge is 2.44. The maximum Gasteiger partial charge on any atom is 0.307 e. The van der Waals surface area contributed by atoms with Crippen LogP contribution in [0.5, 0.6) is 0 Å². The predicted molar refractivity (Wildman–Crippen MR) is 197 cm³/mol. The van der Waals surface area contributed by atoms with E-state index in [0.29, 0.717) is 61.6 Å². The van der Waals surface area contributed by atoms with Crippen molar-refractivity contribution in [1.29, 1.82) is 0 Å². The van der Waals surface area contributed by atoms with E-state index >= 15 is 0 Å². The number of hydroxylamine groups is 1. The van der Waals surface area contributed by atoms with Crippen molar-refractivity contribution in [3.05, 3.63) is 0 Å². The van der Waals surface area contributed by atoms with E-state index < -0.39 is 17.8 Å². The minimum absolute atomic E-state index is 0.0183. The van der Waals surface area contributed by atoms with Crippen LogP contribution in [0.4, 0.5) is 0 Å². The first-order valence-electron chi connectivity index (χ1n) is 20.8. The van der Waals surface area contributed by atoms with Gasteiger partial charge >= 0.3 is 5.97 Å². The summed E-state index contributed by atoms with van der Waals surface area (Å²) in [5.74, 6) is 2.37. The summed E-state index contributed by atoms with van der Waals surface area (Å²) in [5, 5.41) is 22.5. The molecular formula is C40H66Cl2N2O6. The molecule has 0 spiro atoms. The van der Waals surface area contributed by atoms with E-state index in [9.17, 15) is 20.0 Å². The highest BCUT2D eigenvalue weighted by molar-refractivity contribution is 6.21. The lowest BCUT2D eigenvalue weighted by Gasteiger charge is -2.43. The fraction of sp³-hybridized carbons (Fsp3) is 0.950. The van der Waals surface area contributed by atoms with Crippen molar-refractivity contribution in [2.45, 2.75) is 164 Å². The summed E-state index contributed by atoms with van der Waals surface area (Å²) in [7, 11) is 0. The number of aliphatic carboxylic acids is 1. The molecule has 286 valence electrons. The van der Waals surface area contributed by atoms with Crippen molar-refractivity contribution < 1.29 is 29.7 Å². The van der Waals surface area contributed by atoms with Crippen molar-refractivity contribution in [2.75, 3.05) is 13.2 Å². The molecule has 6 aliphatic carbocycles. The normalized spacial score (nSPS) is 41.0. The molecule has 12 atom stereocenters. The van der Waals surface area contributed by atoms with Gasteiger partial charge in [-0.1, -0.05) is 64.2 Å². The van der Waals surface area contributed by atoms with Crippen LogP contribution in [0.2, 0.25) is 0 Å². The van der Waals surface area contributed by atoms with E-state index in [1.165, 1.54) is 70.6 Å². The van der Waals surface area contributed by atoms with Crippen LogP contribution >= 0.6 is 23.2 Å². The quantitative estimate of drug-likeness (QED) is 0.0897. The van der Waals surface area contributed by atoms with Gasteiger partial charge in [0.05, 0.1) is 35.8 Å². The van der Waals surface area contributed by atoms with E-state index in [2.05, 4.69) is 15.7 Å². The smallest absolute Gasteiger partial charge is 0.307 e. The van der Waals surface area contributed by atoms with E-state index in [1.807, 2.05) is 0 Å². The van der Waals surface area contributed by atoms with Crippen LogP contribution in [0.15, 0.2) is 0 Å². The Morgan fingerprint density at radius 2 is 1.10 bits per heavy atom. The number of carbonyl (C=O) groups is 2. The first kappa shape index (κ1) is 39.1. The molecule has 0 heterocycles. The molecule has 12 unspecified atom stereocenters. The van der Waals surface area contributed by atoms with Crippen molar-refractivity contribution in [3.8, 4) is 0 Å². The van der Waals surface area contributed by atoms with Crippen molar-refractivity contribution in [3.63, 3.8) is 0 Å². The summed E-state index contributed by atoms with van der Waals surface area (Å²) >= 11 is 14.0. The second kappa shape index (κ2) is 19.1. The molecular weight excluding hydrogens is 675 g/mol. The van der Waals surface area contributed by atoms with Crippen molar-refractivity contribution in [1.82, 2.24) is 10.8 Å². The largest absolute Gasteiger partial charge is 0.481 e. The fourth-order valence-electron chi connectivity index (χ4n) is 11.7. The Labute approximate surface area is 311 Å². The fourth-order valence-corrected chi connectivity index (χ4v) is 12.6. The summed E-state index contributed by atoms with van der Waals surface area (Å²) < 4.78 is 0. The van der Waals surface area contributed by atoms with E-state index in [1.54, 1.807) is 0 Å². The van der Waals surface area contributed by atoms with Crippen LogP contribution in [0.1, 0.15) is 141 Å². The van der Waals surface area contributed by atoms with Gasteiger partial charge in [0.25, 0.3) is 0 Å². The molecule has 6 saturated carbocycles. The molecule has 4 N–H and O–H groups in total. The van der Waals surface area contributed by atoms with Crippen LogP contribution in [0.25, 0.3) is 0 Å². The number of hydrogen-bond donors (Lipinski definition) is 4. The van der Waals surface area contributed by atoms with Crippen molar-refractivity contribution >= 4 is 35.1 Å². The number of carboxylic acid groups (broad SMARTS) is 1. The molecule has 0 aliphatic heterocycles. The first-order valence-corrected chi connectivity index (χ1v) is 21.6. The third kappa shape index (κ3) is 10.1. The molecule has 0 radical (unpaired) electrons. The third-order valence-corrected chi connectivity index (χ3v) is 15.8. The maximum absolute atomic E-state index is 13.5. The minimum Gasteiger partial charge on any atom is -0.481 e. The molecule has 0 bridgehead atoms. The monoisotopic (exact) mass is 740 g/mol. The Balaban J connectivity index is 0.906. The van der Waals surface area contributed by atoms with Gasteiger partial charge in [-0.3, -0.25) is 14.8 Å². The number of carboxylic acids is 1. The highest BCUT2D eigenvalue weighted by atomic mass is 35.5. The number of halogens is 2. The molecule has 0 aromatic rings. The Hall–Kier alpha value is -0.640. The summed E-state index contributed by atoms with van der Waals surface area (Å²) in [6.45, 7) is 1.01. The van der Waals surface area contributed by atoms with Crippen LogP contribution < -0.4 is 10.8 Å². The minimum atomic E-state index is -0.819. The van der Waals surface area contributed by atoms with Crippen LogP contribution in [0, 0.1) is 59.2 Å². The predicted octanol–water partition coefficient (Wildman–Crippen LogP) is 8.98. The Bertz CT molecular complexity index is 1070. The maximum atomic E-state index is 13.5. The molecule has 0 aromatic carbocycles. The molecule has 6 rings (SSSR count). The Kier molecular flexibility index (Phi) is 14.9. The highest BCUT2D eigenvalue weighted by Crippen LogP contribution is 2.45. The average molecular weight is 742 g/mol. The zero-order chi connectivity index (χ0) is 35.0. The average Bonchev–Trinajstić information content (AvgIpc) is 3.14. The second-order valence-corrected chi connectivity index (χ2v) is 18.8. The topological polar surface area (TPSA) is 117 Å². The van der Waals surface area contributed by atoms with Gasteiger partial charge in [0.2, 0.25) is 5.91 Å². The number of rotatable bonds is 12. The van der Waals surface area contributed by atoms with Crippen LogP contribution in [-0.4, -0.2) is 58.3 Å². The first-order chi connectivity index (χ1) is 24.3. The molecule has 6 aliphatic rings. The van der Waals surface area contributed by atoms with Gasteiger partial charge in [0.1, 0.15) is 0 Å². The van der Waals surface area contributed by atoms with Crippen molar-refractivity contribution in [2.24, 2.45) is 59.2 Å². The number of hydrogen-bond acceptors (Lipinski definition) is 6. The lowest BCUT2D eigenvalue weighted by atomic mass is 9.66. The standard InChI is InChI=1S/C40H66Cl2N2O6/c41-35-21-29(14-17-37(35)43-39(45)33-16-13-28(20-34(33)40(46)47)26-9-5-2-6-10-26)30-15-18-38(36(42)22-30)44-49-23-31-12-11-27(19-32(31)24-50-48)25-7-3-1-4-8-25/h25-38,44,48H,1-24H2,(H,43,45)(H,46,47). The lowest BCUT2D eigenvalue weighted by molar-refractivity contribution is -0.258. The summed E-state index contributed by atoms with van der Waals surface area (Å²) in [5.41, 5.74) is 3.33. The van der Waals surface area contributed by atoms with Gasteiger partial charge in [-0.25, -0.2) is 4.89 Å². The van der Waals surface area contributed by atoms with Gasteiger partial charge in [-0.05, 0) is 124 Å². The van der Waals surface area contributed by atoms with E-state index in [0.717, 1.165) is 69.6 Å². The van der Waals surface area contributed by atoms with Gasteiger partial charge < -0.3 is 15.3 Å². The Morgan fingerprint density at radius 3 is 1.68 bits per heavy atom. The number of alkyl halides is 2.